The van der Waals surface area contributed by atoms with Crippen LogP contribution in [0.15, 0.2) is 11.1 Å². The van der Waals surface area contributed by atoms with E-state index in [1.165, 1.54) is 37.9 Å². The number of hydrogen-bond acceptors (Lipinski definition) is 2. The molecule has 0 bridgehead atoms. The van der Waals surface area contributed by atoms with E-state index in [1.54, 1.807) is 0 Å². The van der Waals surface area contributed by atoms with Gasteiger partial charge in [0.15, 0.2) is 5.78 Å². The molecule has 2 aliphatic rings. The topological polar surface area (TPSA) is 20.3 Å². The highest BCUT2D eigenvalue weighted by Crippen LogP contribution is 2.36. The number of Topliss-reactive ketones (excluding diaryl/α,β-unsaturated/α-hetero) is 1. The zero-order chi connectivity index (χ0) is 12.5. The molecule has 2 rings (SSSR count). The Hall–Kier alpha value is -0.340. The van der Waals surface area contributed by atoms with Crippen molar-refractivity contribution < 1.29 is 4.79 Å². The molecule has 0 aromatic rings. The van der Waals surface area contributed by atoms with Crippen LogP contribution in [0.3, 0.4) is 0 Å². The lowest BCUT2D eigenvalue weighted by Crippen LogP contribution is -2.36. The first-order valence-electron chi connectivity index (χ1n) is 6.92. The van der Waals surface area contributed by atoms with E-state index in [0.29, 0.717) is 5.78 Å². The highest BCUT2D eigenvalue weighted by molar-refractivity contribution is 5.97. The Balaban J connectivity index is 0.00000162. The quantitative estimate of drug-likeness (QED) is 0.765. The number of nitrogens with zero attached hydrogens (tertiary/aromatic N) is 1. The summed E-state index contributed by atoms with van der Waals surface area (Å²) in [4.78, 5) is 14.7. The Morgan fingerprint density at radius 2 is 1.72 bits per heavy atom. The fraction of sp³-hybridized carbons (Fsp3) is 0.800. The first-order valence-corrected chi connectivity index (χ1v) is 6.92. The second-order valence-corrected chi connectivity index (χ2v) is 6.54. The van der Waals surface area contributed by atoms with E-state index in [1.807, 2.05) is 0 Å². The molecule has 0 atom stereocenters. The van der Waals surface area contributed by atoms with Crippen LogP contribution in [0.1, 0.15) is 52.9 Å². The number of ketones is 1. The molecule has 0 radical (unpaired) electrons. The van der Waals surface area contributed by atoms with E-state index < -0.39 is 0 Å². The largest absolute Gasteiger partial charge is 0.299 e. The third-order valence-electron chi connectivity index (χ3n) is 4.06. The average molecular weight is 272 g/mol. The van der Waals surface area contributed by atoms with Gasteiger partial charge >= 0.3 is 0 Å². The number of carbonyl (C=O) groups excluding carboxylic acids is 1. The normalized spacial score (nSPS) is 24.9. The van der Waals surface area contributed by atoms with Gasteiger partial charge in [-0.25, -0.2) is 0 Å². The van der Waals surface area contributed by atoms with Crippen LogP contribution in [-0.2, 0) is 4.79 Å². The van der Waals surface area contributed by atoms with Gasteiger partial charge in [-0.05, 0) is 44.7 Å². The lowest BCUT2D eigenvalue weighted by molar-refractivity contribution is -0.118. The molecular formula is C15H26ClNO. The Bertz CT molecular complexity index is 340. The minimum absolute atomic E-state index is 0. The van der Waals surface area contributed by atoms with Crippen LogP contribution >= 0.6 is 12.4 Å². The molecule has 1 heterocycles. The summed E-state index contributed by atoms with van der Waals surface area (Å²) in [5.74, 6) is 0.393. The van der Waals surface area contributed by atoms with Gasteiger partial charge in [0.2, 0.25) is 0 Å². The second-order valence-electron chi connectivity index (χ2n) is 6.54. The van der Waals surface area contributed by atoms with Gasteiger partial charge in [0, 0.05) is 18.5 Å². The minimum Gasteiger partial charge on any atom is -0.299 e. The van der Waals surface area contributed by atoms with Crippen molar-refractivity contribution in [2.24, 2.45) is 5.41 Å². The van der Waals surface area contributed by atoms with Crippen molar-refractivity contribution in [1.82, 2.24) is 4.90 Å². The zero-order valence-corrected chi connectivity index (χ0v) is 12.7. The Kier molecular flexibility index (Phi) is 5.42. The van der Waals surface area contributed by atoms with Crippen LogP contribution in [0.25, 0.3) is 0 Å². The van der Waals surface area contributed by atoms with Gasteiger partial charge in [0.25, 0.3) is 0 Å². The average Bonchev–Trinajstić information content (AvgIpc) is 2.24. The van der Waals surface area contributed by atoms with Gasteiger partial charge in [-0.3, -0.25) is 9.69 Å². The van der Waals surface area contributed by atoms with Crippen molar-refractivity contribution in [3.05, 3.63) is 11.1 Å². The van der Waals surface area contributed by atoms with Gasteiger partial charge < -0.3 is 0 Å². The van der Waals surface area contributed by atoms with Crippen molar-refractivity contribution in [3.63, 3.8) is 0 Å². The number of likely N-dealkylation sites (tertiary alicyclic amines) is 1. The molecule has 0 saturated carbocycles. The molecular weight excluding hydrogens is 246 g/mol. The first-order chi connectivity index (χ1) is 7.98. The third kappa shape index (κ3) is 3.83. The van der Waals surface area contributed by atoms with E-state index in [-0.39, 0.29) is 17.8 Å². The summed E-state index contributed by atoms with van der Waals surface area (Å²) in [6.45, 7) is 9.80. The van der Waals surface area contributed by atoms with Crippen molar-refractivity contribution in [3.8, 4) is 0 Å². The van der Waals surface area contributed by atoms with E-state index in [4.69, 9.17) is 0 Å². The standard InChI is InChI=1S/C15H25NO.ClH/c1-12-9-15(2,3)10-14(17)13(12)11-16-7-5-4-6-8-16;/h4-11H2,1-3H3;1H. The van der Waals surface area contributed by atoms with Crippen LogP contribution in [0.4, 0.5) is 0 Å². The highest BCUT2D eigenvalue weighted by atomic mass is 35.5. The molecule has 0 aromatic carbocycles. The fourth-order valence-corrected chi connectivity index (χ4v) is 3.23. The van der Waals surface area contributed by atoms with Crippen molar-refractivity contribution >= 4 is 18.2 Å². The Labute approximate surface area is 117 Å². The number of carbonyl (C=O) groups is 1. The number of hydrogen-bond donors (Lipinski definition) is 0. The van der Waals surface area contributed by atoms with E-state index in [0.717, 1.165) is 25.0 Å². The SMILES string of the molecule is CC1=C(CN2CCCCC2)C(=O)CC(C)(C)C1.Cl. The smallest absolute Gasteiger partial charge is 0.160 e. The molecule has 104 valence electrons. The molecule has 2 nitrogen and oxygen atoms in total. The number of allylic oxidation sites excluding steroid dienone is 1. The molecule has 1 aliphatic heterocycles. The summed E-state index contributed by atoms with van der Waals surface area (Å²) < 4.78 is 0. The van der Waals surface area contributed by atoms with Gasteiger partial charge in [0.05, 0.1) is 0 Å². The first kappa shape index (κ1) is 15.7. The maximum Gasteiger partial charge on any atom is 0.160 e. The summed E-state index contributed by atoms with van der Waals surface area (Å²) in [6, 6.07) is 0. The molecule has 0 spiro atoms. The fourth-order valence-electron chi connectivity index (χ4n) is 3.23. The van der Waals surface area contributed by atoms with E-state index in [9.17, 15) is 4.79 Å². The van der Waals surface area contributed by atoms with E-state index >= 15 is 0 Å². The molecule has 18 heavy (non-hydrogen) atoms. The van der Waals surface area contributed by atoms with Crippen LogP contribution in [-0.4, -0.2) is 30.3 Å². The molecule has 1 fully saturated rings. The van der Waals surface area contributed by atoms with Gasteiger partial charge in [0.1, 0.15) is 0 Å². The summed E-state index contributed by atoms with van der Waals surface area (Å²) in [5, 5.41) is 0. The zero-order valence-electron chi connectivity index (χ0n) is 11.9. The monoisotopic (exact) mass is 271 g/mol. The van der Waals surface area contributed by atoms with Crippen molar-refractivity contribution in [1.29, 1.82) is 0 Å². The third-order valence-corrected chi connectivity index (χ3v) is 4.06. The Morgan fingerprint density at radius 3 is 2.28 bits per heavy atom. The maximum absolute atomic E-state index is 12.2. The molecule has 0 aromatic heterocycles. The maximum atomic E-state index is 12.2. The molecule has 0 amide bonds. The van der Waals surface area contributed by atoms with E-state index in [2.05, 4.69) is 25.7 Å². The van der Waals surface area contributed by atoms with Gasteiger partial charge in [-0.15, -0.1) is 12.4 Å². The summed E-state index contributed by atoms with van der Waals surface area (Å²) >= 11 is 0. The second kappa shape index (κ2) is 6.21. The molecule has 0 N–H and O–H groups in total. The van der Waals surface area contributed by atoms with Gasteiger partial charge in [-0.2, -0.15) is 0 Å². The lowest BCUT2D eigenvalue weighted by Gasteiger charge is -2.34. The summed E-state index contributed by atoms with van der Waals surface area (Å²) in [5.41, 5.74) is 2.62. The summed E-state index contributed by atoms with van der Waals surface area (Å²) in [6.07, 6.45) is 5.77. The summed E-state index contributed by atoms with van der Waals surface area (Å²) in [7, 11) is 0. The molecule has 1 saturated heterocycles. The van der Waals surface area contributed by atoms with Crippen molar-refractivity contribution in [2.45, 2.75) is 52.9 Å². The molecule has 3 heteroatoms. The highest BCUT2D eigenvalue weighted by Gasteiger charge is 2.31. The van der Waals surface area contributed by atoms with Crippen LogP contribution in [0, 0.1) is 5.41 Å². The lowest BCUT2D eigenvalue weighted by atomic mass is 9.74. The predicted octanol–water partition coefficient (Wildman–Crippen LogP) is 3.60. The number of halogens is 1. The minimum atomic E-state index is 0. The predicted molar refractivity (Wildman–Crippen MR) is 78.3 cm³/mol. The molecule has 0 unspecified atom stereocenters. The number of piperidine rings is 1. The van der Waals surface area contributed by atoms with Gasteiger partial charge in [-0.1, -0.05) is 25.8 Å². The Morgan fingerprint density at radius 1 is 1.11 bits per heavy atom. The number of rotatable bonds is 2. The van der Waals surface area contributed by atoms with Crippen LogP contribution in [0.5, 0.6) is 0 Å². The van der Waals surface area contributed by atoms with Crippen LogP contribution in [0.2, 0.25) is 0 Å². The van der Waals surface area contributed by atoms with Crippen molar-refractivity contribution in [2.75, 3.05) is 19.6 Å². The van der Waals surface area contributed by atoms with Crippen LogP contribution < -0.4 is 0 Å². The molecule has 1 aliphatic carbocycles.